The number of aromatic nitrogens is 5. The fraction of sp³-hybridized carbons (Fsp3) is 0.167. The minimum atomic E-state index is 0.456. The number of anilines is 2. The van der Waals surface area contributed by atoms with E-state index >= 15 is 0 Å². The Bertz CT molecular complexity index is 723. The molecular formula is C12H12N6O. The zero-order chi connectivity index (χ0) is 13.2. The van der Waals surface area contributed by atoms with E-state index in [1.807, 2.05) is 37.3 Å². The number of fused-ring (bicyclic) bond motifs is 1. The van der Waals surface area contributed by atoms with Crippen molar-refractivity contribution in [3.8, 4) is 5.75 Å². The second-order valence-electron chi connectivity index (χ2n) is 4.00. The number of nitrogens with zero attached hydrogens (tertiary/aromatic N) is 5. The normalized spacial score (nSPS) is 10.6. The number of nitrogens with one attached hydrogen (secondary N) is 1. The van der Waals surface area contributed by atoms with E-state index in [0.717, 1.165) is 22.9 Å². The number of hydrogen-bond acceptors (Lipinski definition) is 6. The first-order valence-electron chi connectivity index (χ1n) is 5.74. The molecule has 0 saturated carbocycles. The van der Waals surface area contributed by atoms with Gasteiger partial charge in [-0.1, -0.05) is 17.2 Å². The predicted molar refractivity (Wildman–Crippen MR) is 69.6 cm³/mol. The van der Waals surface area contributed by atoms with E-state index in [-0.39, 0.29) is 0 Å². The molecule has 0 amide bonds. The van der Waals surface area contributed by atoms with Gasteiger partial charge in [-0.05, 0) is 29.5 Å². The maximum atomic E-state index is 5.30. The molecule has 0 aliphatic heterocycles. The van der Waals surface area contributed by atoms with Gasteiger partial charge in [-0.25, -0.2) is 4.98 Å². The number of tetrazole rings is 1. The van der Waals surface area contributed by atoms with Gasteiger partial charge < -0.3 is 10.1 Å². The van der Waals surface area contributed by atoms with Crippen LogP contribution >= 0.6 is 0 Å². The lowest BCUT2D eigenvalue weighted by molar-refractivity contribution is 0.417. The molecule has 7 heteroatoms. The van der Waals surface area contributed by atoms with Gasteiger partial charge in [-0.3, -0.25) is 0 Å². The van der Waals surface area contributed by atoms with Crippen molar-refractivity contribution in [3.05, 3.63) is 36.0 Å². The van der Waals surface area contributed by atoms with Gasteiger partial charge in [0.15, 0.2) is 0 Å². The Balaban J connectivity index is 2.07. The summed E-state index contributed by atoms with van der Waals surface area (Å²) in [4.78, 5) is 4.24. The highest BCUT2D eigenvalue weighted by molar-refractivity contribution is 5.65. The molecule has 0 bridgehead atoms. The fourth-order valence-corrected chi connectivity index (χ4v) is 1.83. The van der Waals surface area contributed by atoms with Crippen molar-refractivity contribution in [2.24, 2.45) is 0 Å². The van der Waals surface area contributed by atoms with Crippen LogP contribution in [-0.4, -0.2) is 32.1 Å². The van der Waals surface area contributed by atoms with Gasteiger partial charge in [-0.2, -0.15) is 4.52 Å². The molecule has 19 heavy (non-hydrogen) atoms. The van der Waals surface area contributed by atoms with Gasteiger partial charge in [0, 0.05) is 11.8 Å². The summed E-state index contributed by atoms with van der Waals surface area (Å²) >= 11 is 0. The van der Waals surface area contributed by atoms with Crippen LogP contribution in [0.2, 0.25) is 0 Å². The molecule has 3 aromatic rings. The summed E-state index contributed by atoms with van der Waals surface area (Å²) in [5, 5.41) is 14.6. The molecule has 0 aliphatic rings. The monoisotopic (exact) mass is 256 g/mol. The van der Waals surface area contributed by atoms with Gasteiger partial charge in [-0.15, -0.1) is 0 Å². The van der Waals surface area contributed by atoms with Crippen molar-refractivity contribution < 1.29 is 4.74 Å². The summed E-state index contributed by atoms with van der Waals surface area (Å²) in [6.07, 6.45) is 0. The molecule has 0 aliphatic carbocycles. The molecule has 0 spiro atoms. The maximum absolute atomic E-state index is 5.30. The molecule has 0 radical (unpaired) electrons. The number of rotatable bonds is 3. The van der Waals surface area contributed by atoms with Crippen LogP contribution in [0, 0.1) is 6.92 Å². The lowest BCUT2D eigenvalue weighted by Crippen LogP contribution is -2.03. The van der Waals surface area contributed by atoms with Crippen LogP contribution in [0.25, 0.3) is 5.78 Å². The first kappa shape index (κ1) is 11.4. The van der Waals surface area contributed by atoms with Crippen molar-refractivity contribution >= 4 is 17.3 Å². The summed E-state index contributed by atoms with van der Waals surface area (Å²) < 4.78 is 6.84. The third-order valence-corrected chi connectivity index (χ3v) is 2.67. The Morgan fingerprint density at radius 1 is 1.26 bits per heavy atom. The second-order valence-corrected chi connectivity index (χ2v) is 4.00. The number of aryl methyl sites for hydroxylation is 1. The van der Waals surface area contributed by atoms with Crippen LogP contribution in [0.15, 0.2) is 30.3 Å². The molecule has 1 N–H and O–H groups in total. The third kappa shape index (κ3) is 2.05. The highest BCUT2D eigenvalue weighted by Gasteiger charge is 2.08. The largest absolute Gasteiger partial charge is 0.495 e. The van der Waals surface area contributed by atoms with Crippen LogP contribution in [-0.2, 0) is 0 Å². The van der Waals surface area contributed by atoms with Crippen molar-refractivity contribution in [1.29, 1.82) is 0 Å². The Morgan fingerprint density at radius 2 is 2.11 bits per heavy atom. The number of para-hydroxylation sites is 2. The van der Waals surface area contributed by atoms with E-state index in [4.69, 9.17) is 4.74 Å². The van der Waals surface area contributed by atoms with Crippen molar-refractivity contribution in [3.63, 3.8) is 0 Å². The SMILES string of the molecule is COc1ccccc1Nc1cc(C)nc2nnnn12. The van der Waals surface area contributed by atoms with Crippen molar-refractivity contribution in [2.45, 2.75) is 6.92 Å². The van der Waals surface area contributed by atoms with E-state index in [1.165, 1.54) is 0 Å². The first-order valence-corrected chi connectivity index (χ1v) is 5.74. The lowest BCUT2D eigenvalue weighted by atomic mass is 10.3. The molecule has 2 aromatic heterocycles. The lowest BCUT2D eigenvalue weighted by Gasteiger charge is -2.11. The molecule has 7 nitrogen and oxygen atoms in total. The van der Waals surface area contributed by atoms with Crippen molar-refractivity contribution in [2.75, 3.05) is 12.4 Å². The summed E-state index contributed by atoms with van der Waals surface area (Å²) in [6.45, 7) is 1.89. The topological polar surface area (TPSA) is 77.2 Å². The molecule has 1 aromatic carbocycles. The van der Waals surface area contributed by atoms with E-state index in [9.17, 15) is 0 Å². The Labute approximate surface area is 109 Å². The Morgan fingerprint density at radius 3 is 2.95 bits per heavy atom. The molecule has 96 valence electrons. The van der Waals surface area contributed by atoms with Gasteiger partial charge in [0.25, 0.3) is 5.78 Å². The van der Waals surface area contributed by atoms with E-state index < -0.39 is 0 Å². The number of ether oxygens (including phenoxy) is 1. The number of hydrogen-bond donors (Lipinski definition) is 1. The molecule has 0 saturated heterocycles. The number of benzene rings is 1. The quantitative estimate of drug-likeness (QED) is 0.766. The smallest absolute Gasteiger partial charge is 0.275 e. The van der Waals surface area contributed by atoms with Crippen LogP contribution in [0.1, 0.15) is 5.69 Å². The average Bonchev–Trinajstić information content (AvgIpc) is 2.87. The third-order valence-electron chi connectivity index (χ3n) is 2.67. The second kappa shape index (κ2) is 4.52. The van der Waals surface area contributed by atoms with Crippen molar-refractivity contribution in [1.82, 2.24) is 25.0 Å². The number of methoxy groups -OCH3 is 1. The zero-order valence-electron chi connectivity index (χ0n) is 10.5. The fourth-order valence-electron chi connectivity index (χ4n) is 1.83. The average molecular weight is 256 g/mol. The predicted octanol–water partition coefficient (Wildman–Crippen LogP) is 1.58. The highest BCUT2D eigenvalue weighted by Crippen LogP contribution is 2.26. The summed E-state index contributed by atoms with van der Waals surface area (Å²) in [6, 6.07) is 9.51. The first-order chi connectivity index (χ1) is 9.28. The van der Waals surface area contributed by atoms with E-state index in [1.54, 1.807) is 11.6 Å². The zero-order valence-corrected chi connectivity index (χ0v) is 10.5. The minimum Gasteiger partial charge on any atom is -0.495 e. The van der Waals surface area contributed by atoms with Crippen LogP contribution in [0.4, 0.5) is 11.5 Å². The van der Waals surface area contributed by atoms with Crippen LogP contribution in [0.5, 0.6) is 5.75 Å². The molecule has 0 atom stereocenters. The Kier molecular flexibility index (Phi) is 2.71. The molecule has 0 fully saturated rings. The Hall–Kier alpha value is -2.70. The van der Waals surface area contributed by atoms with Gasteiger partial charge in [0.05, 0.1) is 12.8 Å². The summed E-state index contributed by atoms with van der Waals surface area (Å²) in [5.41, 5.74) is 1.67. The van der Waals surface area contributed by atoms with Crippen LogP contribution < -0.4 is 10.1 Å². The molecule has 3 rings (SSSR count). The maximum Gasteiger partial charge on any atom is 0.275 e. The summed E-state index contributed by atoms with van der Waals surface area (Å²) in [5.74, 6) is 1.94. The van der Waals surface area contributed by atoms with Gasteiger partial charge in [0.1, 0.15) is 11.6 Å². The van der Waals surface area contributed by atoms with Crippen LogP contribution in [0.3, 0.4) is 0 Å². The molecular weight excluding hydrogens is 244 g/mol. The van der Waals surface area contributed by atoms with E-state index in [2.05, 4.69) is 25.8 Å². The minimum absolute atomic E-state index is 0.456. The highest BCUT2D eigenvalue weighted by atomic mass is 16.5. The molecule has 2 heterocycles. The van der Waals surface area contributed by atoms with Gasteiger partial charge in [0.2, 0.25) is 0 Å². The standard InChI is InChI=1S/C12H12N6O/c1-8-7-11(18-12(13-8)15-16-17-18)14-9-5-3-4-6-10(9)19-2/h3-7,14H,1-2H3. The van der Waals surface area contributed by atoms with Gasteiger partial charge >= 0.3 is 0 Å². The van der Waals surface area contributed by atoms with E-state index in [0.29, 0.717) is 5.78 Å². The summed E-state index contributed by atoms with van der Waals surface area (Å²) in [7, 11) is 1.63. The molecule has 0 unspecified atom stereocenters.